The van der Waals surface area contributed by atoms with Crippen molar-refractivity contribution in [3.63, 3.8) is 0 Å². The Balaban J connectivity index is 1.50. The van der Waals surface area contributed by atoms with Crippen LogP contribution in [0.4, 0.5) is 5.82 Å². The molecule has 1 saturated heterocycles. The van der Waals surface area contributed by atoms with Crippen molar-refractivity contribution in [3.8, 4) is 0 Å². The van der Waals surface area contributed by atoms with Crippen LogP contribution in [0.5, 0.6) is 0 Å². The van der Waals surface area contributed by atoms with E-state index in [-0.39, 0.29) is 0 Å². The number of hydrogen-bond donors (Lipinski definition) is 0. The Morgan fingerprint density at radius 3 is 2.54 bits per heavy atom. The fourth-order valence-electron chi connectivity index (χ4n) is 4.55. The van der Waals surface area contributed by atoms with Crippen LogP contribution in [0.2, 0.25) is 0 Å². The highest BCUT2D eigenvalue weighted by atomic mass is 32.1. The number of carbonyl (C=O) groups excluding carboxylic acids is 1. The van der Waals surface area contributed by atoms with Crippen molar-refractivity contribution >= 4 is 33.3 Å². The Kier molecular flexibility index (Phi) is 4.57. The number of aryl methyl sites for hydroxylation is 1. The van der Waals surface area contributed by atoms with E-state index in [4.69, 9.17) is 9.97 Å². The predicted octanol–water partition coefficient (Wildman–Crippen LogP) is 4.00. The van der Waals surface area contributed by atoms with Gasteiger partial charge in [0.1, 0.15) is 16.5 Å². The van der Waals surface area contributed by atoms with E-state index in [1.54, 1.807) is 0 Å². The molecule has 2 aliphatic carbocycles. The minimum Gasteiger partial charge on any atom is -0.352 e. The Hall–Kier alpha value is -1.69. The number of amides is 1. The maximum Gasteiger partial charge on any atom is 0.225 e. The average molecular weight is 399 g/mol. The molecule has 1 saturated carbocycles. The summed E-state index contributed by atoms with van der Waals surface area (Å²) in [6.07, 6.45) is 5.75. The van der Waals surface area contributed by atoms with E-state index in [9.17, 15) is 4.79 Å². The van der Waals surface area contributed by atoms with Gasteiger partial charge in [0.2, 0.25) is 5.91 Å². The van der Waals surface area contributed by atoms with Crippen LogP contribution in [0.15, 0.2) is 0 Å². The van der Waals surface area contributed by atoms with Crippen LogP contribution in [0.25, 0.3) is 10.2 Å². The van der Waals surface area contributed by atoms with Gasteiger partial charge in [-0.3, -0.25) is 4.79 Å². The molecule has 5 rings (SSSR count). The standard InChI is InChI=1S/C22H30N4OS/c1-13(2)19-23-20(25-8-10-26(11-9-25)22(27)15-5-6-15)18-16-7-4-14(3)12-17(16)28-21(18)24-19/h13-15H,4-12H2,1-3H3. The van der Waals surface area contributed by atoms with Gasteiger partial charge in [0.25, 0.3) is 0 Å². The molecule has 5 nitrogen and oxygen atoms in total. The molecule has 3 aliphatic rings. The van der Waals surface area contributed by atoms with Crippen molar-refractivity contribution in [2.75, 3.05) is 31.1 Å². The molecule has 28 heavy (non-hydrogen) atoms. The minimum atomic E-state index is 0.315. The van der Waals surface area contributed by atoms with Crippen molar-refractivity contribution in [2.24, 2.45) is 11.8 Å². The van der Waals surface area contributed by atoms with Gasteiger partial charge < -0.3 is 9.80 Å². The number of nitrogens with zero attached hydrogens (tertiary/aromatic N) is 4. The summed E-state index contributed by atoms with van der Waals surface area (Å²) in [7, 11) is 0. The Morgan fingerprint density at radius 1 is 1.11 bits per heavy atom. The van der Waals surface area contributed by atoms with Crippen molar-refractivity contribution < 1.29 is 4.79 Å². The van der Waals surface area contributed by atoms with Crippen LogP contribution in [0, 0.1) is 11.8 Å². The lowest BCUT2D eigenvalue weighted by Crippen LogP contribution is -2.49. The SMILES string of the molecule is CC1CCc2c(sc3nc(C(C)C)nc(N4CCN(C(=O)C5CC5)CC4)c23)C1. The number of fused-ring (bicyclic) bond motifs is 3. The average Bonchev–Trinajstić information content (AvgIpc) is 3.47. The summed E-state index contributed by atoms with van der Waals surface area (Å²) in [5, 5.41) is 1.30. The largest absolute Gasteiger partial charge is 0.352 e. The van der Waals surface area contributed by atoms with E-state index in [2.05, 4.69) is 30.6 Å². The van der Waals surface area contributed by atoms with Gasteiger partial charge in [0.05, 0.1) is 5.39 Å². The van der Waals surface area contributed by atoms with Crippen molar-refractivity contribution in [3.05, 3.63) is 16.3 Å². The molecule has 0 radical (unpaired) electrons. The summed E-state index contributed by atoms with van der Waals surface area (Å²) in [5.74, 6) is 3.84. The molecule has 0 bridgehead atoms. The molecule has 0 aromatic carbocycles. The number of anilines is 1. The van der Waals surface area contributed by atoms with Crippen molar-refractivity contribution in [2.45, 2.75) is 58.8 Å². The molecule has 1 unspecified atom stereocenters. The van der Waals surface area contributed by atoms with E-state index in [0.717, 1.165) is 63.0 Å². The molecule has 150 valence electrons. The monoisotopic (exact) mass is 398 g/mol. The number of thiophene rings is 1. The van der Waals surface area contributed by atoms with Gasteiger partial charge in [0, 0.05) is 42.9 Å². The van der Waals surface area contributed by atoms with Gasteiger partial charge in [-0.1, -0.05) is 20.8 Å². The van der Waals surface area contributed by atoms with Crippen molar-refractivity contribution in [1.82, 2.24) is 14.9 Å². The Labute approximate surface area is 171 Å². The van der Waals surface area contributed by atoms with Gasteiger partial charge >= 0.3 is 0 Å². The summed E-state index contributed by atoms with van der Waals surface area (Å²) < 4.78 is 0. The third-order valence-electron chi connectivity index (χ3n) is 6.49. The summed E-state index contributed by atoms with van der Waals surface area (Å²) in [6, 6.07) is 0. The topological polar surface area (TPSA) is 49.3 Å². The molecule has 1 amide bonds. The van der Waals surface area contributed by atoms with Gasteiger partial charge in [-0.05, 0) is 43.6 Å². The quantitative estimate of drug-likeness (QED) is 0.784. The van der Waals surface area contributed by atoms with Crippen LogP contribution in [0.3, 0.4) is 0 Å². The lowest BCUT2D eigenvalue weighted by atomic mass is 9.89. The zero-order chi connectivity index (χ0) is 19.4. The van der Waals surface area contributed by atoms with E-state index < -0.39 is 0 Å². The van der Waals surface area contributed by atoms with Crippen LogP contribution in [-0.2, 0) is 17.6 Å². The molecular weight excluding hydrogens is 368 g/mol. The van der Waals surface area contributed by atoms with E-state index >= 15 is 0 Å². The second-order valence-corrected chi connectivity index (χ2v) is 10.3. The molecule has 2 fully saturated rings. The summed E-state index contributed by atoms with van der Waals surface area (Å²) >= 11 is 1.89. The molecule has 0 spiro atoms. The van der Waals surface area contributed by atoms with Gasteiger partial charge in [-0.15, -0.1) is 11.3 Å². The van der Waals surface area contributed by atoms with E-state index in [0.29, 0.717) is 17.7 Å². The summed E-state index contributed by atoms with van der Waals surface area (Å²) in [6.45, 7) is 10.1. The fraction of sp³-hybridized carbons (Fsp3) is 0.682. The molecule has 0 N–H and O–H groups in total. The maximum atomic E-state index is 12.4. The highest BCUT2D eigenvalue weighted by Crippen LogP contribution is 2.42. The lowest BCUT2D eigenvalue weighted by Gasteiger charge is -2.36. The van der Waals surface area contributed by atoms with Gasteiger partial charge in [-0.25, -0.2) is 9.97 Å². The first-order valence-corrected chi connectivity index (χ1v) is 11.7. The number of carbonyl (C=O) groups is 1. The van der Waals surface area contributed by atoms with Gasteiger partial charge in [-0.2, -0.15) is 0 Å². The lowest BCUT2D eigenvalue weighted by molar-refractivity contribution is -0.132. The number of hydrogen-bond acceptors (Lipinski definition) is 5. The van der Waals surface area contributed by atoms with Crippen LogP contribution >= 0.6 is 11.3 Å². The second-order valence-electron chi connectivity index (χ2n) is 9.18. The second kappa shape index (κ2) is 6.97. The van der Waals surface area contributed by atoms with Crippen LogP contribution in [0.1, 0.15) is 62.2 Å². The first kappa shape index (κ1) is 18.3. The Morgan fingerprint density at radius 2 is 1.86 bits per heavy atom. The first-order valence-electron chi connectivity index (χ1n) is 10.9. The number of piperazine rings is 1. The molecule has 1 aliphatic heterocycles. The minimum absolute atomic E-state index is 0.315. The third kappa shape index (κ3) is 3.19. The molecule has 1 atom stereocenters. The Bertz CT molecular complexity index is 909. The molecule has 6 heteroatoms. The third-order valence-corrected chi connectivity index (χ3v) is 7.64. The highest BCUT2D eigenvalue weighted by Gasteiger charge is 2.35. The van der Waals surface area contributed by atoms with Gasteiger partial charge in [0.15, 0.2) is 0 Å². The zero-order valence-corrected chi connectivity index (χ0v) is 18.0. The van der Waals surface area contributed by atoms with Crippen LogP contribution in [-0.4, -0.2) is 47.0 Å². The van der Waals surface area contributed by atoms with Crippen molar-refractivity contribution in [1.29, 1.82) is 0 Å². The fourth-order valence-corrected chi connectivity index (χ4v) is 5.94. The first-order chi connectivity index (χ1) is 13.5. The molecule has 2 aromatic heterocycles. The number of rotatable bonds is 3. The van der Waals surface area contributed by atoms with Crippen LogP contribution < -0.4 is 4.90 Å². The molecule has 2 aromatic rings. The highest BCUT2D eigenvalue weighted by molar-refractivity contribution is 7.19. The molecular formula is C22H30N4OS. The predicted molar refractivity (Wildman–Crippen MR) is 114 cm³/mol. The molecule has 3 heterocycles. The zero-order valence-electron chi connectivity index (χ0n) is 17.2. The summed E-state index contributed by atoms with van der Waals surface area (Å²) in [5.41, 5.74) is 1.50. The smallest absolute Gasteiger partial charge is 0.225 e. The normalized spacial score (nSPS) is 22.8. The maximum absolute atomic E-state index is 12.4. The van der Waals surface area contributed by atoms with E-state index in [1.807, 2.05) is 11.3 Å². The van der Waals surface area contributed by atoms with E-state index in [1.165, 1.54) is 33.5 Å². The summed E-state index contributed by atoms with van der Waals surface area (Å²) in [4.78, 5) is 29.6. The number of aromatic nitrogens is 2.